The molecule has 1 saturated heterocycles. The third kappa shape index (κ3) is 4.67. The van der Waals surface area contributed by atoms with Crippen LogP contribution in [0.25, 0.3) is 0 Å². The zero-order valence-electron chi connectivity index (χ0n) is 13.9. The number of hydrogen-bond acceptors (Lipinski definition) is 3. The third-order valence-electron chi connectivity index (χ3n) is 4.36. The number of rotatable bonds is 5. The van der Waals surface area contributed by atoms with Crippen LogP contribution in [0.1, 0.15) is 23.6 Å². The van der Waals surface area contributed by atoms with Crippen molar-refractivity contribution in [3.05, 3.63) is 71.3 Å². The number of nitrogens with zero attached hydrogens (tertiary/aromatic N) is 3. The summed E-state index contributed by atoms with van der Waals surface area (Å²) in [5.74, 6) is 0. The minimum absolute atomic E-state index is 0.996. The van der Waals surface area contributed by atoms with E-state index in [1.807, 2.05) is 6.21 Å². The smallest absolute Gasteiger partial charge is 0.0542 e. The van der Waals surface area contributed by atoms with Gasteiger partial charge in [0.1, 0.15) is 0 Å². The van der Waals surface area contributed by atoms with Gasteiger partial charge in [-0.2, -0.15) is 5.10 Å². The molecule has 0 atom stereocenters. The molecule has 0 N–H and O–H groups in total. The SMILES string of the molecule is CCc1ccc(/C=N/N2CCN(Cc3ccccc3)CC2)cc1. The van der Waals surface area contributed by atoms with Crippen LogP contribution in [0, 0.1) is 0 Å². The highest BCUT2D eigenvalue weighted by molar-refractivity contribution is 5.79. The summed E-state index contributed by atoms with van der Waals surface area (Å²) in [7, 11) is 0. The van der Waals surface area contributed by atoms with Crippen LogP contribution in [0.4, 0.5) is 0 Å². The monoisotopic (exact) mass is 307 g/mol. The van der Waals surface area contributed by atoms with Gasteiger partial charge in [-0.05, 0) is 23.1 Å². The summed E-state index contributed by atoms with van der Waals surface area (Å²) in [5.41, 5.74) is 3.94. The van der Waals surface area contributed by atoms with Gasteiger partial charge in [0.25, 0.3) is 0 Å². The molecule has 0 aromatic heterocycles. The van der Waals surface area contributed by atoms with E-state index >= 15 is 0 Å². The molecule has 23 heavy (non-hydrogen) atoms. The maximum Gasteiger partial charge on any atom is 0.0542 e. The Morgan fingerprint density at radius 1 is 0.870 bits per heavy atom. The number of hydrazone groups is 1. The van der Waals surface area contributed by atoms with Gasteiger partial charge in [0.05, 0.1) is 6.21 Å². The zero-order valence-corrected chi connectivity index (χ0v) is 13.9. The summed E-state index contributed by atoms with van der Waals surface area (Å²) in [6.45, 7) is 7.35. The van der Waals surface area contributed by atoms with E-state index < -0.39 is 0 Å². The Morgan fingerprint density at radius 2 is 1.57 bits per heavy atom. The maximum atomic E-state index is 4.63. The van der Waals surface area contributed by atoms with Gasteiger partial charge in [-0.1, -0.05) is 61.5 Å². The predicted molar refractivity (Wildman–Crippen MR) is 96.7 cm³/mol. The maximum absolute atomic E-state index is 4.63. The standard InChI is InChI=1S/C20H25N3/c1-2-18-8-10-19(11-9-18)16-21-23-14-12-22(13-15-23)17-20-6-4-3-5-7-20/h3-11,16H,2,12-15,17H2,1H3/b21-16+. The predicted octanol–water partition coefficient (Wildman–Crippen LogP) is 3.40. The quantitative estimate of drug-likeness (QED) is 0.788. The minimum Gasteiger partial charge on any atom is -0.295 e. The molecule has 1 heterocycles. The Labute approximate surface area is 139 Å². The second kappa shape index (κ2) is 7.93. The van der Waals surface area contributed by atoms with E-state index in [9.17, 15) is 0 Å². The van der Waals surface area contributed by atoms with Crippen molar-refractivity contribution < 1.29 is 0 Å². The molecule has 0 bridgehead atoms. The molecule has 1 fully saturated rings. The summed E-state index contributed by atoms with van der Waals surface area (Å²) in [5, 5.41) is 6.81. The number of piperazine rings is 1. The average Bonchev–Trinajstić information content (AvgIpc) is 2.62. The fourth-order valence-electron chi connectivity index (χ4n) is 2.84. The second-order valence-corrected chi connectivity index (χ2v) is 6.06. The minimum atomic E-state index is 0.996. The molecule has 3 nitrogen and oxygen atoms in total. The Balaban J connectivity index is 1.47. The van der Waals surface area contributed by atoms with Crippen LogP contribution >= 0.6 is 0 Å². The van der Waals surface area contributed by atoms with E-state index in [1.54, 1.807) is 0 Å². The lowest BCUT2D eigenvalue weighted by Gasteiger charge is -2.33. The molecule has 1 aliphatic rings. The summed E-state index contributed by atoms with van der Waals surface area (Å²) in [4.78, 5) is 2.50. The molecule has 120 valence electrons. The first-order chi connectivity index (χ1) is 11.3. The largest absolute Gasteiger partial charge is 0.295 e. The lowest BCUT2D eigenvalue weighted by Crippen LogP contribution is -2.43. The van der Waals surface area contributed by atoms with Crippen LogP contribution in [0.2, 0.25) is 0 Å². The normalized spacial score (nSPS) is 16.1. The Morgan fingerprint density at radius 3 is 2.22 bits per heavy atom. The lowest BCUT2D eigenvalue weighted by molar-refractivity contribution is 0.131. The fraction of sp³-hybridized carbons (Fsp3) is 0.350. The van der Waals surface area contributed by atoms with Gasteiger partial charge in [0, 0.05) is 32.7 Å². The summed E-state index contributed by atoms with van der Waals surface area (Å²) in [6.07, 6.45) is 3.06. The first-order valence-corrected chi connectivity index (χ1v) is 8.47. The lowest BCUT2D eigenvalue weighted by atomic mass is 10.1. The highest BCUT2D eigenvalue weighted by Crippen LogP contribution is 2.09. The topological polar surface area (TPSA) is 18.8 Å². The van der Waals surface area contributed by atoms with Crippen molar-refractivity contribution in [1.82, 2.24) is 9.91 Å². The molecule has 0 spiro atoms. The molecule has 0 aliphatic carbocycles. The Bertz CT molecular complexity index is 611. The van der Waals surface area contributed by atoms with E-state index in [2.05, 4.69) is 76.5 Å². The molecule has 2 aromatic rings. The van der Waals surface area contributed by atoms with Crippen molar-refractivity contribution in [3.63, 3.8) is 0 Å². The van der Waals surface area contributed by atoms with E-state index in [0.717, 1.165) is 39.1 Å². The zero-order chi connectivity index (χ0) is 15.9. The molecule has 1 aliphatic heterocycles. The molecule has 2 aromatic carbocycles. The summed E-state index contributed by atoms with van der Waals surface area (Å²) >= 11 is 0. The van der Waals surface area contributed by atoms with Crippen molar-refractivity contribution in [2.75, 3.05) is 26.2 Å². The van der Waals surface area contributed by atoms with Crippen molar-refractivity contribution >= 4 is 6.21 Å². The molecule has 0 amide bonds. The van der Waals surface area contributed by atoms with Gasteiger partial charge in [-0.15, -0.1) is 0 Å². The van der Waals surface area contributed by atoms with Gasteiger partial charge in [-0.25, -0.2) is 0 Å². The highest BCUT2D eigenvalue weighted by atomic mass is 15.5. The molecule has 0 unspecified atom stereocenters. The molecule has 3 heteroatoms. The average molecular weight is 307 g/mol. The van der Waals surface area contributed by atoms with Crippen molar-refractivity contribution in [1.29, 1.82) is 0 Å². The van der Waals surface area contributed by atoms with Crippen LogP contribution in [-0.4, -0.2) is 42.3 Å². The van der Waals surface area contributed by atoms with Gasteiger partial charge >= 0.3 is 0 Å². The van der Waals surface area contributed by atoms with Gasteiger partial charge in [0.15, 0.2) is 0 Å². The molecule has 3 rings (SSSR count). The summed E-state index contributed by atoms with van der Waals surface area (Å²) < 4.78 is 0. The third-order valence-corrected chi connectivity index (χ3v) is 4.36. The highest BCUT2D eigenvalue weighted by Gasteiger charge is 2.15. The molecular formula is C20H25N3. The van der Waals surface area contributed by atoms with Crippen LogP contribution in [0.3, 0.4) is 0 Å². The van der Waals surface area contributed by atoms with Crippen molar-refractivity contribution in [2.24, 2.45) is 5.10 Å². The molecule has 0 saturated carbocycles. The number of hydrogen-bond donors (Lipinski definition) is 0. The van der Waals surface area contributed by atoms with E-state index in [1.165, 1.54) is 16.7 Å². The first-order valence-electron chi connectivity index (χ1n) is 8.47. The fourth-order valence-corrected chi connectivity index (χ4v) is 2.84. The summed E-state index contributed by atoms with van der Waals surface area (Å²) in [6, 6.07) is 19.3. The van der Waals surface area contributed by atoms with Gasteiger partial charge in [-0.3, -0.25) is 9.91 Å². The van der Waals surface area contributed by atoms with Gasteiger partial charge in [0.2, 0.25) is 0 Å². The van der Waals surface area contributed by atoms with E-state index in [4.69, 9.17) is 0 Å². The Hall–Kier alpha value is -2.13. The van der Waals surface area contributed by atoms with Gasteiger partial charge < -0.3 is 0 Å². The van der Waals surface area contributed by atoms with Crippen molar-refractivity contribution in [2.45, 2.75) is 19.9 Å². The van der Waals surface area contributed by atoms with Crippen LogP contribution in [0.15, 0.2) is 59.7 Å². The number of aryl methyl sites for hydroxylation is 1. The first kappa shape index (κ1) is 15.8. The van der Waals surface area contributed by atoms with E-state index in [0.29, 0.717) is 0 Å². The van der Waals surface area contributed by atoms with Crippen LogP contribution in [-0.2, 0) is 13.0 Å². The molecule has 0 radical (unpaired) electrons. The molecular weight excluding hydrogens is 282 g/mol. The van der Waals surface area contributed by atoms with E-state index in [-0.39, 0.29) is 0 Å². The van der Waals surface area contributed by atoms with Crippen molar-refractivity contribution in [3.8, 4) is 0 Å². The second-order valence-electron chi connectivity index (χ2n) is 6.06. The Kier molecular flexibility index (Phi) is 5.43. The van der Waals surface area contributed by atoms with Crippen LogP contribution < -0.4 is 0 Å². The van der Waals surface area contributed by atoms with Crippen LogP contribution in [0.5, 0.6) is 0 Å². The number of benzene rings is 2.